The molecule has 0 aromatic heterocycles. The summed E-state index contributed by atoms with van der Waals surface area (Å²) in [5.74, 6) is 3.62. The van der Waals surface area contributed by atoms with Gasteiger partial charge in [0.1, 0.15) is 23.0 Å². The molecule has 2 saturated heterocycles. The summed E-state index contributed by atoms with van der Waals surface area (Å²) in [5.41, 5.74) is 1.78. The van der Waals surface area contributed by atoms with Crippen LogP contribution in [0.5, 0.6) is 23.0 Å². The van der Waals surface area contributed by atoms with Gasteiger partial charge in [-0.1, -0.05) is 63.5 Å². The molecule has 6 heterocycles. The molecule has 2 aromatic rings. The third kappa shape index (κ3) is 6.08. The highest BCUT2D eigenvalue weighted by molar-refractivity contribution is 6.64. The second-order valence-electron chi connectivity index (χ2n) is 13.6. The zero-order valence-electron chi connectivity index (χ0n) is 26.4. The Kier molecular flexibility index (Phi) is 9.17. The summed E-state index contributed by atoms with van der Waals surface area (Å²) in [6.45, 7) is 2.66. The Bertz CT molecular complexity index is 1130. The van der Waals surface area contributed by atoms with Crippen molar-refractivity contribution in [3.8, 4) is 23.0 Å². The first kappa shape index (κ1) is 30.0. The maximum absolute atomic E-state index is 6.80. The average Bonchev–Trinajstić information content (AvgIpc) is 3.82. The summed E-state index contributed by atoms with van der Waals surface area (Å²) in [4.78, 5) is 0. The predicted molar refractivity (Wildman–Crippen MR) is 172 cm³/mol. The highest BCUT2D eigenvalue weighted by atomic mass is 16.7. The summed E-state index contributed by atoms with van der Waals surface area (Å²) < 4.78 is 52.9. The summed E-state index contributed by atoms with van der Waals surface area (Å²) in [6.07, 6.45) is 14.1. The molecule has 10 rings (SSSR count). The van der Waals surface area contributed by atoms with Crippen molar-refractivity contribution in [2.24, 2.45) is 11.8 Å². The van der Waals surface area contributed by atoms with Crippen LogP contribution in [0.15, 0.2) is 36.4 Å². The summed E-state index contributed by atoms with van der Waals surface area (Å²) in [5, 5.41) is 0. The molecule has 10 bridgehead atoms. The summed E-state index contributed by atoms with van der Waals surface area (Å²) >= 11 is 0. The molecule has 0 N–H and O–H groups in total. The fraction of sp³-hybridized carbons (Fsp3) is 0.657. The molecule has 240 valence electrons. The Labute approximate surface area is 268 Å². The van der Waals surface area contributed by atoms with Gasteiger partial charge in [0.05, 0.1) is 61.8 Å². The standard InChI is InChI=1S/C35H46B2O8/c1-2-6-10-20-39-27-16-14-18-29-31(27)37-44-34-24-23-25(35(34)45-37)33-32(24)42-36(43-33)30-26(38-19-9-5-1)15-13-17-28(30)40-21-11-7-3-4-8-12-22-41-29/h13-18,24-25,32-35H,1-12,19-23H2/t24?,25?,32-,33+,34+,35-. The van der Waals surface area contributed by atoms with E-state index in [1.807, 2.05) is 36.4 Å². The van der Waals surface area contributed by atoms with E-state index in [9.17, 15) is 0 Å². The molecule has 0 radical (unpaired) electrons. The van der Waals surface area contributed by atoms with E-state index in [-0.39, 0.29) is 36.3 Å². The molecular weight excluding hydrogens is 570 g/mol. The normalized spacial score (nSPS) is 32.1. The molecule has 4 fully saturated rings. The molecule has 45 heavy (non-hydrogen) atoms. The fourth-order valence-electron chi connectivity index (χ4n) is 8.39. The van der Waals surface area contributed by atoms with Crippen molar-refractivity contribution in [2.75, 3.05) is 26.4 Å². The van der Waals surface area contributed by atoms with Crippen molar-refractivity contribution < 1.29 is 37.6 Å². The van der Waals surface area contributed by atoms with Gasteiger partial charge in [-0.05, 0) is 56.4 Å². The monoisotopic (exact) mass is 616 g/mol. The molecule has 0 amide bonds. The third-order valence-electron chi connectivity index (χ3n) is 10.6. The first-order chi connectivity index (χ1) is 22.3. The van der Waals surface area contributed by atoms with Crippen LogP contribution in [-0.2, 0) is 18.6 Å². The quantitative estimate of drug-likeness (QED) is 0.374. The minimum Gasteiger partial charge on any atom is -0.494 e. The lowest BCUT2D eigenvalue weighted by molar-refractivity contribution is -0.00476. The zero-order chi connectivity index (χ0) is 30.0. The molecule has 2 aliphatic carbocycles. The first-order valence-electron chi connectivity index (χ1n) is 17.7. The second kappa shape index (κ2) is 13.8. The highest BCUT2D eigenvalue weighted by Gasteiger charge is 2.68. The van der Waals surface area contributed by atoms with Crippen LogP contribution in [0.25, 0.3) is 0 Å². The Morgan fingerprint density at radius 2 is 0.689 bits per heavy atom. The van der Waals surface area contributed by atoms with Gasteiger partial charge in [-0.3, -0.25) is 0 Å². The van der Waals surface area contributed by atoms with Gasteiger partial charge < -0.3 is 37.6 Å². The van der Waals surface area contributed by atoms with E-state index >= 15 is 0 Å². The van der Waals surface area contributed by atoms with E-state index in [4.69, 9.17) is 37.6 Å². The smallest absolute Gasteiger partial charge is 0.494 e. The van der Waals surface area contributed by atoms with E-state index < -0.39 is 14.2 Å². The Hall–Kier alpha value is -2.39. The van der Waals surface area contributed by atoms with Crippen LogP contribution in [0.3, 0.4) is 0 Å². The molecule has 0 spiro atoms. The van der Waals surface area contributed by atoms with Crippen molar-refractivity contribution in [2.45, 2.75) is 108 Å². The van der Waals surface area contributed by atoms with Crippen LogP contribution in [0.2, 0.25) is 0 Å². The number of rotatable bonds is 0. The number of hydrogen-bond donors (Lipinski definition) is 0. The molecule has 8 aliphatic rings. The Morgan fingerprint density at radius 1 is 0.400 bits per heavy atom. The predicted octanol–water partition coefficient (Wildman–Crippen LogP) is 5.22. The largest absolute Gasteiger partial charge is 0.502 e. The van der Waals surface area contributed by atoms with E-state index in [0.717, 1.165) is 91.7 Å². The van der Waals surface area contributed by atoms with Gasteiger partial charge in [-0.15, -0.1) is 0 Å². The highest BCUT2D eigenvalue weighted by Crippen LogP contribution is 2.55. The average molecular weight is 616 g/mol. The van der Waals surface area contributed by atoms with Crippen LogP contribution in [-0.4, -0.2) is 65.1 Å². The van der Waals surface area contributed by atoms with Gasteiger partial charge in [0.25, 0.3) is 0 Å². The molecule has 10 heteroatoms. The van der Waals surface area contributed by atoms with Gasteiger partial charge in [0, 0.05) is 11.8 Å². The molecule has 2 saturated carbocycles. The van der Waals surface area contributed by atoms with Crippen molar-refractivity contribution in [1.29, 1.82) is 0 Å². The van der Waals surface area contributed by atoms with Crippen molar-refractivity contribution in [3.63, 3.8) is 0 Å². The van der Waals surface area contributed by atoms with Crippen LogP contribution in [0.4, 0.5) is 0 Å². The zero-order valence-corrected chi connectivity index (χ0v) is 26.4. The number of fused-ring (bicyclic) bond motifs is 18. The van der Waals surface area contributed by atoms with Crippen LogP contribution in [0.1, 0.15) is 83.5 Å². The number of hydrogen-bond acceptors (Lipinski definition) is 8. The molecule has 2 unspecified atom stereocenters. The first-order valence-corrected chi connectivity index (χ1v) is 17.7. The van der Waals surface area contributed by atoms with E-state index in [0.29, 0.717) is 26.4 Å². The second-order valence-corrected chi connectivity index (χ2v) is 13.6. The third-order valence-corrected chi connectivity index (χ3v) is 10.6. The van der Waals surface area contributed by atoms with E-state index in [1.165, 1.54) is 25.7 Å². The Balaban J connectivity index is 1.14. The molecule has 2 aromatic carbocycles. The van der Waals surface area contributed by atoms with Gasteiger partial charge >= 0.3 is 14.2 Å². The van der Waals surface area contributed by atoms with Gasteiger partial charge in [0.15, 0.2) is 0 Å². The SMILES string of the molecule is c1cc2c3c(c1)OCCCCCCCCOc1cccc(c1B1O[C@@H]4C5CC([C@H]6OB3O[C@@H]56)[C@@H]4O1)OCCCCCCCCO2. The minimum absolute atomic E-state index is 0.0602. The van der Waals surface area contributed by atoms with Gasteiger partial charge in [0.2, 0.25) is 0 Å². The van der Waals surface area contributed by atoms with Gasteiger partial charge in [-0.2, -0.15) is 0 Å². The van der Waals surface area contributed by atoms with E-state index in [2.05, 4.69) is 0 Å². The van der Waals surface area contributed by atoms with Crippen LogP contribution in [0, 0.1) is 11.8 Å². The fourth-order valence-corrected chi connectivity index (χ4v) is 8.39. The lowest BCUT2D eigenvalue weighted by Crippen LogP contribution is -2.44. The number of benzene rings is 2. The van der Waals surface area contributed by atoms with Crippen LogP contribution < -0.4 is 29.9 Å². The minimum atomic E-state index is -0.538. The lowest BCUT2D eigenvalue weighted by Gasteiger charge is -2.31. The summed E-state index contributed by atoms with van der Waals surface area (Å²) in [7, 11) is -1.08. The molecule has 8 nitrogen and oxygen atoms in total. The molecular formula is C35H46B2O8. The van der Waals surface area contributed by atoms with Crippen LogP contribution >= 0.6 is 0 Å². The van der Waals surface area contributed by atoms with E-state index in [1.54, 1.807) is 0 Å². The maximum Gasteiger partial charge on any atom is 0.502 e. The lowest BCUT2D eigenvalue weighted by atomic mass is 9.77. The molecule has 6 atom stereocenters. The van der Waals surface area contributed by atoms with Crippen molar-refractivity contribution in [1.82, 2.24) is 0 Å². The van der Waals surface area contributed by atoms with Crippen molar-refractivity contribution >= 4 is 25.2 Å². The summed E-state index contributed by atoms with van der Waals surface area (Å²) in [6, 6.07) is 12.2. The molecule has 6 aliphatic heterocycles. The topological polar surface area (TPSA) is 73.8 Å². The van der Waals surface area contributed by atoms with Crippen molar-refractivity contribution in [3.05, 3.63) is 36.4 Å². The Morgan fingerprint density at radius 3 is 1.00 bits per heavy atom. The number of ether oxygens (including phenoxy) is 4. The maximum atomic E-state index is 6.80. The van der Waals surface area contributed by atoms with Gasteiger partial charge in [-0.25, -0.2) is 0 Å².